The van der Waals surface area contributed by atoms with Gasteiger partial charge in [-0.1, -0.05) is 6.08 Å². The first-order valence-electron chi connectivity index (χ1n) is 7.63. The Morgan fingerprint density at radius 2 is 1.23 bits per heavy atom. The van der Waals surface area contributed by atoms with E-state index in [9.17, 15) is 19.2 Å². The summed E-state index contributed by atoms with van der Waals surface area (Å²) in [6, 6.07) is 0. The predicted molar refractivity (Wildman–Crippen MR) is 85.9 cm³/mol. The Bertz CT molecular complexity index is 467. The molecule has 0 radical (unpaired) electrons. The first kappa shape index (κ1) is 23.5. The Labute approximate surface area is 149 Å². The minimum Gasteiger partial charge on any atom is -0.481 e. The van der Waals surface area contributed by atoms with Crippen LogP contribution >= 0.6 is 0 Å². The lowest BCUT2D eigenvalue weighted by Gasteiger charge is -2.22. The van der Waals surface area contributed by atoms with Gasteiger partial charge in [-0.05, 0) is 0 Å². The van der Waals surface area contributed by atoms with E-state index in [-0.39, 0.29) is 26.3 Å². The molecule has 11 heteroatoms. The molecule has 0 spiro atoms. The minimum absolute atomic E-state index is 0.0738. The number of aliphatic carboxylic acids is 4. The molecule has 0 aliphatic rings. The highest BCUT2D eigenvalue weighted by Crippen LogP contribution is 2.02. The van der Waals surface area contributed by atoms with Crippen molar-refractivity contribution in [3.63, 3.8) is 0 Å². The fraction of sp³-hybridized carbons (Fsp3) is 0.600. The Morgan fingerprint density at radius 3 is 1.50 bits per heavy atom. The first-order valence-corrected chi connectivity index (χ1v) is 7.63. The molecule has 0 saturated heterocycles. The van der Waals surface area contributed by atoms with Gasteiger partial charge >= 0.3 is 23.9 Å². The van der Waals surface area contributed by atoms with E-state index in [4.69, 9.17) is 29.9 Å². The maximum Gasteiger partial charge on any atom is 0.333 e. The van der Waals surface area contributed by atoms with Gasteiger partial charge in [0.05, 0.1) is 26.1 Å². The minimum atomic E-state index is -1.47. The number of carboxylic acid groups (broad SMARTS) is 4. The molecule has 2 atom stereocenters. The summed E-state index contributed by atoms with van der Waals surface area (Å²) in [5.41, 5.74) is 0. The molecule has 0 bridgehead atoms. The Balaban J connectivity index is 4.40. The summed E-state index contributed by atoms with van der Waals surface area (Å²) in [5, 5.41) is 35.0. The second-order valence-electron chi connectivity index (χ2n) is 5.18. The normalized spacial score (nSPS) is 13.1. The number of rotatable bonds is 16. The topological polar surface area (TPSA) is 171 Å². The first-order chi connectivity index (χ1) is 12.2. The van der Waals surface area contributed by atoms with E-state index in [1.807, 2.05) is 0 Å². The maximum absolute atomic E-state index is 10.9. The Kier molecular flexibility index (Phi) is 11.6. The SMILES string of the molecule is C=CCN(CCOC(CC(=O)O)C(=O)O)CCOC(CC(=O)O)C(=O)O. The largest absolute Gasteiger partial charge is 0.481 e. The second-order valence-corrected chi connectivity index (χ2v) is 5.18. The number of ether oxygens (including phenoxy) is 2. The van der Waals surface area contributed by atoms with Gasteiger partial charge in [-0.15, -0.1) is 6.58 Å². The lowest BCUT2D eigenvalue weighted by molar-refractivity contribution is -0.157. The van der Waals surface area contributed by atoms with Gasteiger partial charge < -0.3 is 29.9 Å². The molecule has 2 unspecified atom stereocenters. The third-order valence-electron chi connectivity index (χ3n) is 3.11. The van der Waals surface area contributed by atoms with Gasteiger partial charge in [0.1, 0.15) is 0 Å². The number of hydrogen-bond donors (Lipinski definition) is 4. The molecular weight excluding hydrogens is 354 g/mol. The second kappa shape index (κ2) is 12.8. The summed E-state index contributed by atoms with van der Waals surface area (Å²) in [6.45, 7) is 4.20. The summed E-state index contributed by atoms with van der Waals surface area (Å²) in [6.07, 6.45) is -2.73. The fourth-order valence-electron chi connectivity index (χ4n) is 1.88. The summed E-state index contributed by atoms with van der Waals surface area (Å²) in [7, 11) is 0. The number of hydrogen-bond acceptors (Lipinski definition) is 7. The van der Waals surface area contributed by atoms with Crippen LogP contribution < -0.4 is 0 Å². The summed E-state index contributed by atoms with van der Waals surface area (Å²) in [4.78, 5) is 44.6. The predicted octanol–water partition coefficient (Wildman–Crippen LogP) is -0.637. The standard InChI is InChI=1S/C15H23NO10/c1-2-3-16(4-6-25-10(14(21)22)8-12(17)18)5-7-26-11(15(23)24)9-13(19)20/h2,10-11H,1,3-9H2,(H,17,18)(H,19,20)(H,21,22)(H,23,24). The number of nitrogens with zero attached hydrogens (tertiary/aromatic N) is 1. The van der Waals surface area contributed by atoms with E-state index < -0.39 is 48.9 Å². The number of carbonyl (C=O) groups is 4. The van der Waals surface area contributed by atoms with Gasteiger partial charge in [-0.2, -0.15) is 0 Å². The molecule has 0 amide bonds. The van der Waals surface area contributed by atoms with Crippen molar-refractivity contribution in [1.82, 2.24) is 4.90 Å². The van der Waals surface area contributed by atoms with E-state index in [2.05, 4.69) is 6.58 Å². The molecule has 4 N–H and O–H groups in total. The highest BCUT2D eigenvalue weighted by atomic mass is 16.5. The Morgan fingerprint density at radius 1 is 0.846 bits per heavy atom. The maximum atomic E-state index is 10.9. The van der Waals surface area contributed by atoms with Crippen LogP contribution in [0.25, 0.3) is 0 Å². The molecule has 0 aromatic rings. The molecule has 26 heavy (non-hydrogen) atoms. The average Bonchev–Trinajstić information content (AvgIpc) is 2.51. The molecule has 0 aliphatic heterocycles. The molecule has 0 aromatic heterocycles. The third kappa shape index (κ3) is 11.1. The van der Waals surface area contributed by atoms with Crippen LogP contribution in [0.5, 0.6) is 0 Å². The summed E-state index contributed by atoms with van der Waals surface area (Å²) in [5.74, 6) is -5.37. The molecule has 0 aromatic carbocycles. The highest BCUT2D eigenvalue weighted by molar-refractivity contribution is 5.80. The van der Waals surface area contributed by atoms with Gasteiger partial charge in [-0.3, -0.25) is 14.5 Å². The monoisotopic (exact) mass is 377 g/mol. The molecule has 148 valence electrons. The number of carboxylic acids is 4. The average molecular weight is 377 g/mol. The van der Waals surface area contributed by atoms with Crippen molar-refractivity contribution >= 4 is 23.9 Å². The lowest BCUT2D eigenvalue weighted by atomic mass is 10.2. The molecular formula is C15H23NO10. The molecule has 0 fully saturated rings. The zero-order valence-electron chi connectivity index (χ0n) is 14.1. The van der Waals surface area contributed by atoms with Crippen molar-refractivity contribution in [1.29, 1.82) is 0 Å². The van der Waals surface area contributed by atoms with Crippen LogP contribution in [0.15, 0.2) is 12.7 Å². The molecule has 0 heterocycles. The zero-order chi connectivity index (χ0) is 20.1. The van der Waals surface area contributed by atoms with Crippen molar-refractivity contribution in [3.8, 4) is 0 Å². The van der Waals surface area contributed by atoms with Crippen molar-refractivity contribution in [2.45, 2.75) is 25.0 Å². The van der Waals surface area contributed by atoms with E-state index in [1.54, 1.807) is 11.0 Å². The molecule has 0 aliphatic carbocycles. The highest BCUT2D eigenvalue weighted by Gasteiger charge is 2.23. The van der Waals surface area contributed by atoms with E-state index in [1.165, 1.54) is 0 Å². The van der Waals surface area contributed by atoms with Gasteiger partial charge in [-0.25, -0.2) is 9.59 Å². The van der Waals surface area contributed by atoms with Gasteiger partial charge in [0, 0.05) is 19.6 Å². The van der Waals surface area contributed by atoms with Gasteiger partial charge in [0.25, 0.3) is 0 Å². The van der Waals surface area contributed by atoms with Crippen molar-refractivity contribution in [3.05, 3.63) is 12.7 Å². The lowest BCUT2D eigenvalue weighted by Crippen LogP contribution is -2.36. The summed E-state index contributed by atoms with van der Waals surface area (Å²) < 4.78 is 10.1. The molecule has 0 saturated carbocycles. The van der Waals surface area contributed by atoms with E-state index in [0.29, 0.717) is 6.54 Å². The van der Waals surface area contributed by atoms with Crippen LogP contribution in [0.2, 0.25) is 0 Å². The van der Waals surface area contributed by atoms with Gasteiger partial charge in [0.15, 0.2) is 12.2 Å². The van der Waals surface area contributed by atoms with E-state index in [0.717, 1.165) is 0 Å². The van der Waals surface area contributed by atoms with Gasteiger partial charge in [0.2, 0.25) is 0 Å². The van der Waals surface area contributed by atoms with Crippen molar-refractivity contribution in [2.24, 2.45) is 0 Å². The molecule has 11 nitrogen and oxygen atoms in total. The Hall–Kier alpha value is -2.50. The zero-order valence-corrected chi connectivity index (χ0v) is 14.1. The van der Waals surface area contributed by atoms with Crippen molar-refractivity contribution < 1.29 is 49.1 Å². The van der Waals surface area contributed by atoms with Crippen LogP contribution in [0.1, 0.15) is 12.8 Å². The van der Waals surface area contributed by atoms with Crippen LogP contribution in [-0.4, -0.2) is 94.3 Å². The fourth-order valence-corrected chi connectivity index (χ4v) is 1.88. The van der Waals surface area contributed by atoms with Crippen LogP contribution in [0, 0.1) is 0 Å². The summed E-state index contributed by atoms with van der Waals surface area (Å²) >= 11 is 0. The smallest absolute Gasteiger partial charge is 0.333 e. The van der Waals surface area contributed by atoms with Crippen molar-refractivity contribution in [2.75, 3.05) is 32.8 Å². The van der Waals surface area contributed by atoms with Crippen LogP contribution in [-0.2, 0) is 28.7 Å². The quantitative estimate of drug-likeness (QED) is 0.252. The van der Waals surface area contributed by atoms with Crippen LogP contribution in [0.3, 0.4) is 0 Å². The van der Waals surface area contributed by atoms with E-state index >= 15 is 0 Å². The third-order valence-corrected chi connectivity index (χ3v) is 3.11. The molecule has 0 rings (SSSR count). The van der Waals surface area contributed by atoms with Crippen LogP contribution in [0.4, 0.5) is 0 Å².